The molecule has 0 bridgehead atoms. The van der Waals surface area contributed by atoms with Crippen molar-refractivity contribution in [2.45, 2.75) is 19.9 Å². The largest absolute Gasteiger partial charge is 0.496 e. The number of benzene rings is 2. The molecular formula is C19H23NO4. The maximum absolute atomic E-state index is 12.2. The van der Waals surface area contributed by atoms with Gasteiger partial charge in [0.1, 0.15) is 5.75 Å². The number of nitrogens with one attached hydrogen (secondary N) is 1. The minimum Gasteiger partial charge on any atom is -0.496 e. The van der Waals surface area contributed by atoms with Crippen molar-refractivity contribution >= 4 is 5.91 Å². The highest BCUT2D eigenvalue weighted by Gasteiger charge is 2.10. The Morgan fingerprint density at radius 3 is 2.25 bits per heavy atom. The Balaban J connectivity index is 2.00. The summed E-state index contributed by atoms with van der Waals surface area (Å²) in [6.45, 7) is 2.41. The molecule has 0 aliphatic rings. The van der Waals surface area contributed by atoms with E-state index in [1.807, 2.05) is 43.3 Å². The summed E-state index contributed by atoms with van der Waals surface area (Å²) >= 11 is 0. The first kappa shape index (κ1) is 17.7. The van der Waals surface area contributed by atoms with Crippen LogP contribution < -0.4 is 19.5 Å². The molecule has 1 N–H and O–H groups in total. The maximum Gasteiger partial charge on any atom is 0.224 e. The van der Waals surface area contributed by atoms with Crippen molar-refractivity contribution in [1.29, 1.82) is 0 Å². The van der Waals surface area contributed by atoms with Gasteiger partial charge < -0.3 is 19.5 Å². The number of carbonyl (C=O) groups excluding carboxylic acids is 1. The summed E-state index contributed by atoms with van der Waals surface area (Å²) in [7, 11) is 4.79. The Bertz CT molecular complexity index is 713. The molecule has 24 heavy (non-hydrogen) atoms. The third-order valence-electron chi connectivity index (χ3n) is 3.72. The second-order valence-electron chi connectivity index (χ2n) is 5.46. The zero-order valence-corrected chi connectivity index (χ0v) is 14.5. The number of aryl methyl sites for hydroxylation is 1. The zero-order chi connectivity index (χ0) is 17.5. The van der Waals surface area contributed by atoms with Gasteiger partial charge in [-0.2, -0.15) is 0 Å². The van der Waals surface area contributed by atoms with E-state index in [-0.39, 0.29) is 12.3 Å². The predicted octanol–water partition coefficient (Wildman–Crippen LogP) is 2.88. The van der Waals surface area contributed by atoms with Crippen molar-refractivity contribution < 1.29 is 19.0 Å². The highest BCUT2D eigenvalue weighted by molar-refractivity contribution is 5.79. The fourth-order valence-corrected chi connectivity index (χ4v) is 2.47. The Morgan fingerprint density at radius 1 is 0.917 bits per heavy atom. The summed E-state index contributed by atoms with van der Waals surface area (Å²) in [4.78, 5) is 12.2. The summed E-state index contributed by atoms with van der Waals surface area (Å²) in [5.41, 5.74) is 2.91. The molecule has 0 spiro atoms. The van der Waals surface area contributed by atoms with E-state index < -0.39 is 0 Å². The van der Waals surface area contributed by atoms with Crippen LogP contribution in [0.4, 0.5) is 0 Å². The Labute approximate surface area is 142 Å². The van der Waals surface area contributed by atoms with E-state index in [0.717, 1.165) is 22.4 Å². The van der Waals surface area contributed by atoms with E-state index >= 15 is 0 Å². The smallest absolute Gasteiger partial charge is 0.224 e. The van der Waals surface area contributed by atoms with Crippen molar-refractivity contribution in [3.8, 4) is 17.2 Å². The predicted molar refractivity (Wildman–Crippen MR) is 92.8 cm³/mol. The number of hydrogen-bond donors (Lipinski definition) is 1. The normalized spacial score (nSPS) is 10.2. The molecule has 0 unspecified atom stereocenters. The first-order chi connectivity index (χ1) is 11.6. The molecule has 5 nitrogen and oxygen atoms in total. The van der Waals surface area contributed by atoms with Gasteiger partial charge in [0.05, 0.1) is 27.8 Å². The lowest BCUT2D eigenvalue weighted by Gasteiger charge is -2.12. The van der Waals surface area contributed by atoms with E-state index in [0.29, 0.717) is 18.0 Å². The lowest BCUT2D eigenvalue weighted by molar-refractivity contribution is -0.120. The molecule has 0 aromatic heterocycles. The van der Waals surface area contributed by atoms with E-state index in [1.54, 1.807) is 21.3 Å². The molecule has 2 aromatic carbocycles. The van der Waals surface area contributed by atoms with Gasteiger partial charge in [0, 0.05) is 12.1 Å². The number of carbonyl (C=O) groups is 1. The molecule has 5 heteroatoms. The topological polar surface area (TPSA) is 56.8 Å². The number of hydrogen-bond acceptors (Lipinski definition) is 4. The molecular weight excluding hydrogens is 306 g/mol. The molecule has 0 atom stereocenters. The first-order valence-electron chi connectivity index (χ1n) is 7.68. The van der Waals surface area contributed by atoms with Gasteiger partial charge in [-0.25, -0.2) is 0 Å². The van der Waals surface area contributed by atoms with Crippen LogP contribution in [0.25, 0.3) is 0 Å². The SMILES string of the molecule is COc1ccc(C)cc1CC(=O)NCc1ccc(OC)c(OC)c1. The quantitative estimate of drug-likeness (QED) is 0.848. The molecule has 2 rings (SSSR count). The first-order valence-corrected chi connectivity index (χ1v) is 7.68. The van der Waals surface area contributed by atoms with Crippen molar-refractivity contribution in [1.82, 2.24) is 5.32 Å². The van der Waals surface area contributed by atoms with E-state index in [9.17, 15) is 4.79 Å². The lowest BCUT2D eigenvalue weighted by Crippen LogP contribution is -2.24. The summed E-state index contributed by atoms with van der Waals surface area (Å²) in [5.74, 6) is 1.97. The van der Waals surface area contributed by atoms with Gasteiger partial charge >= 0.3 is 0 Å². The third-order valence-corrected chi connectivity index (χ3v) is 3.72. The lowest BCUT2D eigenvalue weighted by atomic mass is 10.1. The van der Waals surface area contributed by atoms with Gasteiger partial charge in [0.25, 0.3) is 0 Å². The van der Waals surface area contributed by atoms with Crippen LogP contribution in [-0.4, -0.2) is 27.2 Å². The number of ether oxygens (including phenoxy) is 3. The Morgan fingerprint density at radius 2 is 1.58 bits per heavy atom. The fourth-order valence-electron chi connectivity index (χ4n) is 2.47. The average molecular weight is 329 g/mol. The molecule has 0 saturated heterocycles. The highest BCUT2D eigenvalue weighted by atomic mass is 16.5. The van der Waals surface area contributed by atoms with Crippen molar-refractivity contribution in [2.75, 3.05) is 21.3 Å². The van der Waals surface area contributed by atoms with Gasteiger partial charge in [0.2, 0.25) is 5.91 Å². The van der Waals surface area contributed by atoms with Crippen molar-refractivity contribution in [2.24, 2.45) is 0 Å². The molecule has 0 saturated carbocycles. The van der Waals surface area contributed by atoms with Crippen LogP contribution >= 0.6 is 0 Å². The van der Waals surface area contributed by atoms with Gasteiger partial charge in [-0.3, -0.25) is 4.79 Å². The van der Waals surface area contributed by atoms with E-state index in [2.05, 4.69) is 5.32 Å². The minimum atomic E-state index is -0.0614. The maximum atomic E-state index is 12.2. The van der Waals surface area contributed by atoms with E-state index in [4.69, 9.17) is 14.2 Å². The molecule has 0 heterocycles. The molecule has 0 radical (unpaired) electrons. The number of methoxy groups -OCH3 is 3. The second-order valence-corrected chi connectivity index (χ2v) is 5.46. The van der Waals surface area contributed by atoms with Gasteiger partial charge in [-0.15, -0.1) is 0 Å². The number of rotatable bonds is 7. The summed E-state index contributed by atoms with van der Waals surface area (Å²) in [5, 5.41) is 2.92. The highest BCUT2D eigenvalue weighted by Crippen LogP contribution is 2.27. The van der Waals surface area contributed by atoms with Gasteiger partial charge in [0.15, 0.2) is 11.5 Å². The summed E-state index contributed by atoms with van der Waals surface area (Å²) in [6.07, 6.45) is 0.276. The number of amides is 1. The summed E-state index contributed by atoms with van der Waals surface area (Å²) < 4.78 is 15.8. The molecule has 0 fully saturated rings. The van der Waals surface area contributed by atoms with Crippen LogP contribution in [-0.2, 0) is 17.8 Å². The van der Waals surface area contributed by atoms with Crippen LogP contribution in [0.2, 0.25) is 0 Å². The molecule has 0 aliphatic carbocycles. The Kier molecular flexibility index (Phi) is 6.07. The van der Waals surface area contributed by atoms with Crippen LogP contribution in [0, 0.1) is 6.92 Å². The molecule has 128 valence electrons. The van der Waals surface area contributed by atoms with Crippen LogP contribution in [0.3, 0.4) is 0 Å². The van der Waals surface area contributed by atoms with E-state index in [1.165, 1.54) is 0 Å². The molecule has 1 amide bonds. The van der Waals surface area contributed by atoms with Gasteiger partial charge in [-0.1, -0.05) is 23.8 Å². The molecule has 2 aromatic rings. The second kappa shape index (κ2) is 8.24. The van der Waals surface area contributed by atoms with Crippen LogP contribution in [0.1, 0.15) is 16.7 Å². The van der Waals surface area contributed by atoms with Crippen molar-refractivity contribution in [3.63, 3.8) is 0 Å². The Hall–Kier alpha value is -2.69. The summed E-state index contributed by atoms with van der Waals surface area (Å²) in [6, 6.07) is 11.4. The van der Waals surface area contributed by atoms with Crippen LogP contribution in [0.5, 0.6) is 17.2 Å². The minimum absolute atomic E-state index is 0.0614. The third kappa shape index (κ3) is 4.41. The fraction of sp³-hybridized carbons (Fsp3) is 0.316. The van der Waals surface area contributed by atoms with Gasteiger partial charge in [-0.05, 0) is 30.7 Å². The average Bonchev–Trinajstić information content (AvgIpc) is 2.59. The monoisotopic (exact) mass is 329 g/mol. The van der Waals surface area contributed by atoms with Crippen LogP contribution in [0.15, 0.2) is 36.4 Å². The molecule has 0 aliphatic heterocycles. The standard InChI is InChI=1S/C19H23NO4/c1-13-5-7-16(22-2)15(9-13)11-19(21)20-12-14-6-8-17(23-3)18(10-14)24-4/h5-10H,11-12H2,1-4H3,(H,20,21). The zero-order valence-electron chi connectivity index (χ0n) is 14.5. The van der Waals surface area contributed by atoms with Crippen molar-refractivity contribution in [3.05, 3.63) is 53.1 Å².